The first-order chi connectivity index (χ1) is 60.1. The van der Waals surface area contributed by atoms with Crippen LogP contribution in [0.15, 0.2) is 24.3 Å². The molecule has 0 saturated carbocycles. The molecule has 9 rings (SSSR count). The number of carbonyl (C=O) groups excluding carboxylic acids is 4. The van der Waals surface area contributed by atoms with Crippen molar-refractivity contribution in [1.82, 2.24) is 21.3 Å². The van der Waals surface area contributed by atoms with Gasteiger partial charge in [0.15, 0.2) is 72.4 Å². The smallest absolute Gasteiger partial charge is 0.325 e. The average molecular weight is 1730 g/mol. The Morgan fingerprint density at radius 2 is 0.411 bits per heavy atom. The van der Waals surface area contributed by atoms with Crippen molar-refractivity contribution in [2.75, 3.05) is 53.6 Å². The number of unbranched alkanes of at least 4 members (excludes halogenated alkanes) is 32. The highest BCUT2D eigenvalue weighted by molar-refractivity contribution is 5.87. The van der Waals surface area contributed by atoms with Crippen LogP contribution in [0.25, 0.3) is 0 Å². The third-order valence-corrected chi connectivity index (χ3v) is 24.4. The Kier molecular flexibility index (Phi) is 40.8. The summed E-state index contributed by atoms with van der Waals surface area (Å²) in [6.07, 6.45) is 37.2. The summed E-state index contributed by atoms with van der Waals surface area (Å²) < 4.78 is 84.0. The van der Waals surface area contributed by atoms with E-state index in [0.29, 0.717) is 95.9 Å². The van der Waals surface area contributed by atoms with Crippen LogP contribution < -0.4 is 78.1 Å². The van der Waals surface area contributed by atoms with E-state index >= 15 is 0 Å². The first-order valence-electron chi connectivity index (χ1n) is 46.6. The molecular weight excluding hydrogens is 1590 g/mol. The molecule has 4 atom stereocenters. The molecule has 0 spiro atoms. The van der Waals surface area contributed by atoms with Crippen molar-refractivity contribution in [2.24, 2.45) is 0 Å². The van der Waals surface area contributed by atoms with E-state index in [0.717, 1.165) is 205 Å². The van der Waals surface area contributed by atoms with E-state index in [1.165, 1.54) is 27.7 Å². The SMILES string of the molecule is CCCCCCCCCCCC1c2cc3c4c(OCC(=O)N[C@@H](C)C(=O)O)c2OCOc2c1cc1c(c2OCC(=O)N[C@@H](C)C(=O)O)OCOc2c(cc5c(c2OCC(=O)N[C@@H](C)C(=O)O)OCOc2c(cc(c(c2OCC(=O)N[C@@H](C)C(=O)O)OCO4)C3CCCCCCCCCCC)C5CCCCCCCCCCC)C1CCCCCCCCCCC. The van der Waals surface area contributed by atoms with Gasteiger partial charge in [-0.1, -0.05) is 259 Å². The van der Waals surface area contributed by atoms with E-state index in [2.05, 4.69) is 73.2 Å². The van der Waals surface area contributed by atoms with Gasteiger partial charge in [0.25, 0.3) is 23.6 Å². The molecule has 0 aromatic heterocycles. The lowest BCUT2D eigenvalue weighted by Gasteiger charge is -2.37. The lowest BCUT2D eigenvalue weighted by Crippen LogP contribution is -2.41. The minimum absolute atomic E-state index is 0.0192. The molecule has 4 heterocycles. The summed E-state index contributed by atoms with van der Waals surface area (Å²) in [4.78, 5) is 107. The molecule has 0 unspecified atom stereocenters. The minimum atomic E-state index is -1.32. The van der Waals surface area contributed by atoms with Crippen LogP contribution >= 0.6 is 0 Å². The first kappa shape index (κ1) is 98.0. The largest absolute Gasteiger partial charge is 0.480 e. The predicted molar refractivity (Wildman–Crippen MR) is 468 cm³/mol. The maximum Gasteiger partial charge on any atom is 0.325 e. The Bertz CT molecular complexity index is 3510. The molecule has 5 aliphatic rings. The highest BCUT2D eigenvalue weighted by Crippen LogP contribution is 2.63. The van der Waals surface area contributed by atoms with Crippen molar-refractivity contribution in [3.8, 4) is 69.0 Å². The monoisotopic (exact) mass is 1730 g/mol. The molecule has 0 fully saturated rings. The average Bonchev–Trinajstić information content (AvgIpc) is 0.718. The Morgan fingerprint density at radius 3 is 0.556 bits per heavy atom. The van der Waals surface area contributed by atoms with Gasteiger partial charge in [-0.25, -0.2) is 0 Å². The van der Waals surface area contributed by atoms with Crippen molar-refractivity contribution in [2.45, 2.75) is 360 Å². The molecule has 0 saturated heterocycles. The Labute approximate surface area is 732 Å². The van der Waals surface area contributed by atoms with Gasteiger partial charge >= 0.3 is 23.9 Å². The topological polar surface area (TPSA) is 376 Å². The number of hydrogen-bond donors (Lipinski definition) is 8. The fraction of sp³-hybridized carbons (Fsp3) is 0.667. The van der Waals surface area contributed by atoms with Gasteiger partial charge in [-0.2, -0.15) is 0 Å². The number of amides is 4. The normalized spacial score (nSPS) is 16.5. The molecule has 4 aromatic rings. The summed E-state index contributed by atoms with van der Waals surface area (Å²) in [6, 6.07) is 3.05. The van der Waals surface area contributed by atoms with Crippen molar-refractivity contribution >= 4 is 47.5 Å². The van der Waals surface area contributed by atoms with Gasteiger partial charge in [-0.15, -0.1) is 0 Å². The van der Waals surface area contributed by atoms with Gasteiger partial charge in [-0.05, 0) is 77.6 Å². The fourth-order valence-corrected chi connectivity index (χ4v) is 17.5. The van der Waals surface area contributed by atoms with Crippen LogP contribution in [0.2, 0.25) is 0 Å². The van der Waals surface area contributed by atoms with Crippen LogP contribution in [0.5, 0.6) is 69.0 Å². The Hall–Kier alpha value is -9.76. The summed E-state index contributed by atoms with van der Waals surface area (Å²) in [5.74, 6) is -10.4. The second kappa shape index (κ2) is 51.6. The summed E-state index contributed by atoms with van der Waals surface area (Å²) in [5.41, 5.74) is 4.49. The summed E-state index contributed by atoms with van der Waals surface area (Å²) in [5, 5.41) is 50.8. The van der Waals surface area contributed by atoms with Gasteiger partial charge in [0.05, 0.1) is 0 Å². The molecule has 124 heavy (non-hydrogen) atoms. The molecule has 1 aliphatic carbocycles. The highest BCUT2D eigenvalue weighted by atomic mass is 16.7. The first-order valence-corrected chi connectivity index (χ1v) is 46.6. The van der Waals surface area contributed by atoms with E-state index < -0.39 is 149 Å². The summed E-state index contributed by atoms with van der Waals surface area (Å²) in [6.45, 7) is 8.94. The number of aliphatic carboxylic acids is 4. The van der Waals surface area contributed by atoms with Gasteiger partial charge in [0, 0.05) is 68.2 Å². The maximum absolute atomic E-state index is 14.4. The standard InChI is InChI=1S/C96H140N4O24/c1-9-13-17-21-25-29-33-37-41-45-65-69-49-71-66(46-42-38-34-30-26-22-18-14-10-2)73-51-75-68(48-44-40-36-32-28-24-20-16-12-4)76-52-74-67(47-43-39-35-31-27-23-19-15-11-3)72-50-70(65)82-90(114-54-78(102)98-62(6)94(107)108)84(72)120-59-122-86(74)92(116-56-80(104)100-64(8)96(111)112)88(76)124-60-123-87(75)91(115-55-79(103)99-63(7)95(109)110)85(73)121-58-119-83(71)89(81(69)117-57-118-82)113-53-77(101)97-61(5)93(105)106/h49-52,61-68H,9-48,53-60H2,1-8H3,(H,97,101)(H,98,102)(H,99,103)(H,100,104)(H,105,106)(H,107,108)(H,109,110)(H,111,112)/t61-,62-,63-,64-,65?,66?,67?,68?/m0/s1. The van der Waals surface area contributed by atoms with Crippen molar-refractivity contribution in [3.05, 3.63) is 68.8 Å². The van der Waals surface area contributed by atoms with E-state index in [9.17, 15) is 58.8 Å². The van der Waals surface area contributed by atoms with Gasteiger partial charge < -0.3 is 98.5 Å². The molecule has 4 aromatic carbocycles. The second-order valence-corrected chi connectivity index (χ2v) is 34.1. The molecule has 28 heteroatoms. The van der Waals surface area contributed by atoms with E-state index in [-0.39, 0.29) is 69.0 Å². The molecule has 4 amide bonds. The molecular formula is C96H140N4O24. The van der Waals surface area contributed by atoms with Crippen LogP contribution in [-0.4, -0.2) is 146 Å². The molecule has 0 radical (unpaired) electrons. The molecule has 4 aliphatic heterocycles. The van der Waals surface area contributed by atoms with Crippen LogP contribution in [0.3, 0.4) is 0 Å². The molecule has 688 valence electrons. The van der Waals surface area contributed by atoms with E-state index in [1.54, 1.807) is 0 Å². The van der Waals surface area contributed by atoms with Gasteiger partial charge in [0.2, 0.25) is 50.2 Å². The second-order valence-electron chi connectivity index (χ2n) is 34.1. The minimum Gasteiger partial charge on any atom is -0.480 e. The zero-order valence-corrected chi connectivity index (χ0v) is 74.8. The number of carboxylic acids is 4. The molecule has 28 nitrogen and oxygen atoms in total. The molecule has 8 bridgehead atoms. The van der Waals surface area contributed by atoms with Crippen molar-refractivity contribution in [3.63, 3.8) is 0 Å². The van der Waals surface area contributed by atoms with Crippen molar-refractivity contribution < 1.29 is 116 Å². The number of carbonyl (C=O) groups is 8. The zero-order chi connectivity index (χ0) is 88.9. The van der Waals surface area contributed by atoms with Gasteiger partial charge in [0.1, 0.15) is 24.2 Å². The number of ether oxygens (including phenoxy) is 12. The highest BCUT2D eigenvalue weighted by Gasteiger charge is 2.44. The number of nitrogens with one attached hydrogen (secondary N) is 4. The third-order valence-electron chi connectivity index (χ3n) is 24.4. The van der Waals surface area contributed by atoms with Crippen LogP contribution in [0.1, 0.15) is 380 Å². The Balaban J connectivity index is 1.45. The summed E-state index contributed by atoms with van der Waals surface area (Å²) in [7, 11) is 0. The third kappa shape index (κ3) is 28.1. The number of carboxylic acid groups (broad SMARTS) is 4. The van der Waals surface area contributed by atoms with Crippen LogP contribution in [-0.2, 0) is 38.4 Å². The quantitative estimate of drug-likeness (QED) is 0.0190. The number of benzene rings is 4. The summed E-state index contributed by atoms with van der Waals surface area (Å²) >= 11 is 0. The van der Waals surface area contributed by atoms with Gasteiger partial charge in [-0.3, -0.25) is 38.4 Å². The number of rotatable bonds is 60. The lowest BCUT2D eigenvalue weighted by molar-refractivity contribution is -0.141. The lowest BCUT2D eigenvalue weighted by atomic mass is 9.75. The van der Waals surface area contributed by atoms with E-state index in [4.69, 9.17) is 56.8 Å². The van der Waals surface area contributed by atoms with Crippen molar-refractivity contribution in [1.29, 1.82) is 0 Å². The van der Waals surface area contributed by atoms with Crippen LogP contribution in [0, 0.1) is 0 Å². The fourth-order valence-electron chi connectivity index (χ4n) is 17.5. The molecule has 8 N–H and O–H groups in total. The zero-order valence-electron chi connectivity index (χ0n) is 74.8. The van der Waals surface area contributed by atoms with Crippen LogP contribution in [0.4, 0.5) is 0 Å². The van der Waals surface area contributed by atoms with E-state index in [1.807, 2.05) is 0 Å². The maximum atomic E-state index is 14.4. The number of hydrogen-bond acceptors (Lipinski definition) is 20. The Morgan fingerprint density at radius 1 is 0.266 bits per heavy atom. The predicted octanol–water partition coefficient (Wildman–Crippen LogP) is 19.0.